The van der Waals surface area contributed by atoms with E-state index in [1.807, 2.05) is 19.2 Å². The summed E-state index contributed by atoms with van der Waals surface area (Å²) < 4.78 is 6.99. The Morgan fingerprint density at radius 2 is 2.32 bits per heavy atom. The van der Waals surface area contributed by atoms with Gasteiger partial charge in [0, 0.05) is 24.8 Å². The number of aliphatic hydroxyl groups is 1. The number of hydrogen-bond acceptors (Lipinski definition) is 5. The molecule has 22 heavy (non-hydrogen) atoms. The molecule has 0 amide bonds. The predicted octanol–water partition coefficient (Wildman–Crippen LogP) is 2.95. The van der Waals surface area contributed by atoms with Crippen LogP contribution in [0.3, 0.4) is 0 Å². The Morgan fingerprint density at radius 1 is 1.50 bits per heavy atom. The zero-order valence-electron chi connectivity index (χ0n) is 13.4. The van der Waals surface area contributed by atoms with Crippen LogP contribution in [0.5, 0.6) is 0 Å². The monoisotopic (exact) mass is 320 g/mol. The third-order valence-electron chi connectivity index (χ3n) is 5.20. The van der Waals surface area contributed by atoms with E-state index < -0.39 is 0 Å². The van der Waals surface area contributed by atoms with Crippen LogP contribution in [0.25, 0.3) is 10.2 Å². The van der Waals surface area contributed by atoms with Gasteiger partial charge < -0.3 is 15.2 Å². The van der Waals surface area contributed by atoms with Gasteiger partial charge in [0.1, 0.15) is 0 Å². The van der Waals surface area contributed by atoms with E-state index in [9.17, 15) is 5.11 Å². The number of aliphatic hydroxyl groups excluding tert-OH is 1. The summed E-state index contributed by atoms with van der Waals surface area (Å²) in [5, 5.41) is 15.6. The van der Waals surface area contributed by atoms with Crippen LogP contribution in [-0.4, -0.2) is 34.9 Å². The Morgan fingerprint density at radius 3 is 3.00 bits per heavy atom. The van der Waals surface area contributed by atoms with Gasteiger partial charge in [-0.05, 0) is 36.4 Å². The molecule has 120 valence electrons. The molecular weight excluding hydrogens is 296 g/mol. The second kappa shape index (κ2) is 5.89. The molecule has 0 radical (unpaired) electrons. The average molecular weight is 320 g/mol. The highest BCUT2D eigenvalue weighted by molar-refractivity contribution is 7.17. The fourth-order valence-corrected chi connectivity index (χ4v) is 4.16. The van der Waals surface area contributed by atoms with Crippen molar-refractivity contribution < 1.29 is 9.84 Å². The molecule has 0 bridgehead atoms. The number of hydrogen-bond donors (Lipinski definition) is 2. The van der Waals surface area contributed by atoms with Crippen molar-refractivity contribution in [3.8, 4) is 0 Å². The molecule has 4 nitrogen and oxygen atoms in total. The summed E-state index contributed by atoms with van der Waals surface area (Å²) in [6.07, 6.45) is 2.97. The highest BCUT2D eigenvalue weighted by atomic mass is 32.1. The van der Waals surface area contributed by atoms with E-state index in [0.29, 0.717) is 13.2 Å². The van der Waals surface area contributed by atoms with Gasteiger partial charge in [-0.25, -0.2) is 0 Å². The normalized spacial score (nSPS) is 27.0. The molecule has 5 heteroatoms. The first kappa shape index (κ1) is 15.9. The first-order chi connectivity index (χ1) is 10.5. The van der Waals surface area contributed by atoms with Crippen molar-refractivity contribution in [2.24, 2.45) is 5.41 Å². The number of fused-ring (bicyclic) bond motifs is 1. The molecule has 2 atom stereocenters. The molecular formula is C17H24N2O2S. The van der Waals surface area contributed by atoms with Gasteiger partial charge in [0.2, 0.25) is 0 Å². The summed E-state index contributed by atoms with van der Waals surface area (Å²) in [4.78, 5) is 4.48. The number of rotatable bonds is 6. The fraction of sp³-hybridized carbons (Fsp3) is 0.588. The minimum absolute atomic E-state index is 0.0851. The summed E-state index contributed by atoms with van der Waals surface area (Å²) in [5.74, 6) is 0. The van der Waals surface area contributed by atoms with Crippen LogP contribution in [0, 0.1) is 5.41 Å². The van der Waals surface area contributed by atoms with Crippen LogP contribution in [0.4, 0.5) is 0 Å². The van der Waals surface area contributed by atoms with Crippen molar-refractivity contribution in [2.75, 3.05) is 13.2 Å². The van der Waals surface area contributed by atoms with Crippen LogP contribution in [-0.2, 0) is 11.3 Å². The van der Waals surface area contributed by atoms with Gasteiger partial charge in [0.05, 0.1) is 28.5 Å². The molecule has 0 aliphatic heterocycles. The van der Waals surface area contributed by atoms with Crippen LogP contribution in [0.15, 0.2) is 23.7 Å². The SMILES string of the molecule is CCO[C@@H]1C[C@](CO)(NCc2cnc3ccsc3c2)C1(C)C. The number of nitrogens with zero attached hydrogens (tertiary/aromatic N) is 1. The number of aromatic nitrogens is 1. The Hall–Kier alpha value is -1.01. The molecule has 0 spiro atoms. The van der Waals surface area contributed by atoms with Crippen molar-refractivity contribution in [3.05, 3.63) is 29.3 Å². The molecule has 1 fully saturated rings. The fourth-order valence-electron chi connectivity index (χ4n) is 3.36. The molecule has 0 aromatic carbocycles. The summed E-state index contributed by atoms with van der Waals surface area (Å²) in [7, 11) is 0. The lowest BCUT2D eigenvalue weighted by atomic mass is 9.54. The van der Waals surface area contributed by atoms with E-state index in [2.05, 4.69) is 35.6 Å². The van der Waals surface area contributed by atoms with Crippen molar-refractivity contribution in [3.63, 3.8) is 0 Å². The minimum atomic E-state index is -0.281. The smallest absolute Gasteiger partial charge is 0.0809 e. The van der Waals surface area contributed by atoms with E-state index >= 15 is 0 Å². The summed E-state index contributed by atoms with van der Waals surface area (Å²) in [6.45, 7) is 7.91. The van der Waals surface area contributed by atoms with Gasteiger partial charge in [0.15, 0.2) is 0 Å². The lowest BCUT2D eigenvalue weighted by Crippen LogP contribution is -2.73. The predicted molar refractivity (Wildman–Crippen MR) is 90.1 cm³/mol. The summed E-state index contributed by atoms with van der Waals surface area (Å²) in [6, 6.07) is 4.21. The summed E-state index contributed by atoms with van der Waals surface area (Å²) >= 11 is 1.71. The van der Waals surface area contributed by atoms with Crippen molar-refractivity contribution >= 4 is 21.6 Å². The zero-order chi connectivity index (χ0) is 15.8. The second-order valence-electron chi connectivity index (χ2n) is 6.61. The molecule has 1 aliphatic rings. The number of nitrogens with one attached hydrogen (secondary N) is 1. The van der Waals surface area contributed by atoms with E-state index in [4.69, 9.17) is 4.74 Å². The standard InChI is InChI=1S/C17H24N2O2S/c1-4-21-15-8-17(11-20,16(15,2)3)19-10-12-7-14-13(18-9-12)5-6-22-14/h5-7,9,15,19-20H,4,8,10-11H2,1-3H3/t15-,17-/m1/s1. The lowest BCUT2D eigenvalue weighted by Gasteiger charge is -2.60. The molecule has 2 aromatic rings. The molecule has 2 heterocycles. The van der Waals surface area contributed by atoms with E-state index in [-0.39, 0.29) is 23.7 Å². The molecule has 3 rings (SSSR count). The average Bonchev–Trinajstić information content (AvgIpc) is 2.97. The largest absolute Gasteiger partial charge is 0.394 e. The Labute approximate surface area is 135 Å². The van der Waals surface area contributed by atoms with Gasteiger partial charge >= 0.3 is 0 Å². The number of thiophene rings is 1. The Balaban J connectivity index is 1.71. The van der Waals surface area contributed by atoms with Crippen LogP contribution < -0.4 is 5.32 Å². The highest BCUT2D eigenvalue weighted by Crippen LogP contribution is 2.51. The summed E-state index contributed by atoms with van der Waals surface area (Å²) in [5.41, 5.74) is 1.83. The maximum atomic E-state index is 9.94. The van der Waals surface area contributed by atoms with Gasteiger partial charge in [-0.3, -0.25) is 4.98 Å². The molecule has 1 saturated carbocycles. The zero-order valence-corrected chi connectivity index (χ0v) is 14.2. The molecule has 0 saturated heterocycles. The maximum Gasteiger partial charge on any atom is 0.0809 e. The molecule has 2 N–H and O–H groups in total. The van der Waals surface area contributed by atoms with E-state index in [0.717, 1.165) is 17.5 Å². The molecule has 1 aliphatic carbocycles. The number of ether oxygens (including phenoxy) is 1. The minimum Gasteiger partial charge on any atom is -0.394 e. The number of pyridine rings is 1. The van der Waals surface area contributed by atoms with Crippen LogP contribution >= 0.6 is 11.3 Å². The molecule has 0 unspecified atom stereocenters. The first-order valence-electron chi connectivity index (χ1n) is 7.82. The third kappa shape index (κ3) is 2.46. The van der Waals surface area contributed by atoms with Gasteiger partial charge in [-0.15, -0.1) is 11.3 Å². The van der Waals surface area contributed by atoms with E-state index in [1.165, 1.54) is 4.70 Å². The lowest BCUT2D eigenvalue weighted by molar-refractivity contribution is -0.177. The topological polar surface area (TPSA) is 54.4 Å². The van der Waals surface area contributed by atoms with E-state index in [1.54, 1.807) is 11.3 Å². The van der Waals surface area contributed by atoms with Gasteiger partial charge in [-0.2, -0.15) is 0 Å². The third-order valence-corrected chi connectivity index (χ3v) is 6.05. The van der Waals surface area contributed by atoms with Gasteiger partial charge in [0.25, 0.3) is 0 Å². The Bertz CT molecular complexity index is 655. The maximum absolute atomic E-state index is 9.94. The molecule has 2 aromatic heterocycles. The van der Waals surface area contributed by atoms with Crippen molar-refractivity contribution in [1.82, 2.24) is 10.3 Å². The quantitative estimate of drug-likeness (QED) is 0.859. The highest BCUT2D eigenvalue weighted by Gasteiger charge is 2.60. The Kier molecular flexibility index (Phi) is 4.25. The second-order valence-corrected chi connectivity index (χ2v) is 7.56. The van der Waals surface area contributed by atoms with Crippen molar-refractivity contribution in [2.45, 2.75) is 45.4 Å². The van der Waals surface area contributed by atoms with Crippen molar-refractivity contribution in [1.29, 1.82) is 0 Å². The van der Waals surface area contributed by atoms with Crippen LogP contribution in [0.1, 0.15) is 32.8 Å². The first-order valence-corrected chi connectivity index (χ1v) is 8.70. The van der Waals surface area contributed by atoms with Gasteiger partial charge in [-0.1, -0.05) is 13.8 Å². The van der Waals surface area contributed by atoms with Crippen LogP contribution in [0.2, 0.25) is 0 Å².